The van der Waals surface area contributed by atoms with Gasteiger partial charge in [0.2, 0.25) is 0 Å². The van der Waals surface area contributed by atoms with Gasteiger partial charge in [0.05, 0.1) is 12.2 Å². The summed E-state index contributed by atoms with van der Waals surface area (Å²) in [6.45, 7) is 10.7. The van der Waals surface area contributed by atoms with Crippen molar-refractivity contribution < 1.29 is 19.1 Å². The smallest absolute Gasteiger partial charge is 0.338 e. The van der Waals surface area contributed by atoms with Gasteiger partial charge in [0.1, 0.15) is 6.10 Å². The van der Waals surface area contributed by atoms with Gasteiger partial charge in [-0.05, 0) is 91.8 Å². The minimum absolute atomic E-state index is 0.130. The van der Waals surface area contributed by atoms with Crippen molar-refractivity contribution in [2.24, 2.45) is 11.8 Å². The number of carbonyl (C=O) groups excluding carboxylic acids is 2. The average Bonchev–Trinajstić information content (AvgIpc) is 3.45. The molecule has 3 aromatic carbocycles. The minimum Gasteiger partial charge on any atom is -0.462 e. The molecule has 0 aliphatic heterocycles. The van der Waals surface area contributed by atoms with Crippen LogP contribution >= 0.6 is 0 Å². The largest absolute Gasteiger partial charge is 0.462 e. The van der Waals surface area contributed by atoms with Crippen molar-refractivity contribution in [3.05, 3.63) is 112 Å². The molecule has 4 nitrogen and oxygen atoms in total. The zero-order valence-electron chi connectivity index (χ0n) is 25.4. The number of hydrogen-bond acceptors (Lipinski definition) is 4. The molecule has 4 rings (SSSR count). The molecule has 4 heteroatoms. The number of benzene rings is 3. The summed E-state index contributed by atoms with van der Waals surface area (Å²) in [5.41, 5.74) is 7.02. The maximum Gasteiger partial charge on any atom is 0.338 e. The van der Waals surface area contributed by atoms with Gasteiger partial charge in [-0.1, -0.05) is 93.6 Å². The van der Waals surface area contributed by atoms with Crippen molar-refractivity contribution >= 4 is 18.0 Å². The molecule has 0 amide bonds. The Hall–Kier alpha value is -3.66. The zero-order chi connectivity index (χ0) is 29.6. The SMILES string of the molecule is C1=Cc2ccccc2C1.CCCOC(=O)c1ccc(CC(Cc2ccccc2C)C(C)OC(=O)CCC(C)C)cc1. The number of rotatable bonds is 12. The summed E-state index contributed by atoms with van der Waals surface area (Å²) < 4.78 is 11.1. The Morgan fingerprint density at radius 2 is 1.59 bits per heavy atom. The van der Waals surface area contributed by atoms with Crippen molar-refractivity contribution in [2.45, 2.75) is 79.2 Å². The van der Waals surface area contributed by atoms with Crippen LogP contribution in [-0.4, -0.2) is 24.6 Å². The highest BCUT2D eigenvalue weighted by molar-refractivity contribution is 5.89. The van der Waals surface area contributed by atoms with E-state index in [0.717, 1.165) is 37.7 Å². The fourth-order valence-corrected chi connectivity index (χ4v) is 4.85. The molecule has 0 heterocycles. The molecule has 0 radical (unpaired) electrons. The second kappa shape index (κ2) is 16.6. The first kappa shape index (κ1) is 31.9. The summed E-state index contributed by atoms with van der Waals surface area (Å²) in [5, 5.41) is 0. The monoisotopic (exact) mass is 554 g/mol. The number of aryl methyl sites for hydroxylation is 1. The fourth-order valence-electron chi connectivity index (χ4n) is 4.85. The van der Waals surface area contributed by atoms with Crippen LogP contribution in [-0.2, 0) is 33.5 Å². The molecule has 1 aliphatic carbocycles. The average molecular weight is 555 g/mol. The summed E-state index contributed by atoms with van der Waals surface area (Å²) in [6, 6.07) is 24.4. The Kier molecular flexibility index (Phi) is 12.9. The topological polar surface area (TPSA) is 52.6 Å². The zero-order valence-corrected chi connectivity index (χ0v) is 25.4. The molecule has 2 unspecified atom stereocenters. The van der Waals surface area contributed by atoms with Gasteiger partial charge < -0.3 is 9.47 Å². The van der Waals surface area contributed by atoms with Crippen molar-refractivity contribution in [1.29, 1.82) is 0 Å². The van der Waals surface area contributed by atoms with Gasteiger partial charge >= 0.3 is 11.9 Å². The maximum atomic E-state index is 12.4. The van der Waals surface area contributed by atoms with Gasteiger partial charge in [-0.15, -0.1) is 0 Å². The Morgan fingerprint density at radius 3 is 2.27 bits per heavy atom. The number of fused-ring (bicyclic) bond motifs is 1. The van der Waals surface area contributed by atoms with Gasteiger partial charge in [-0.25, -0.2) is 4.79 Å². The summed E-state index contributed by atoms with van der Waals surface area (Å²) in [5.74, 6) is 0.192. The molecule has 1 aliphatic rings. The third-order valence-electron chi connectivity index (χ3n) is 7.47. The summed E-state index contributed by atoms with van der Waals surface area (Å²) >= 11 is 0. The molecule has 0 fully saturated rings. The highest BCUT2D eigenvalue weighted by Crippen LogP contribution is 2.23. The van der Waals surface area contributed by atoms with Crippen LogP contribution in [0.4, 0.5) is 0 Å². The summed E-state index contributed by atoms with van der Waals surface area (Å²) in [4.78, 5) is 24.4. The van der Waals surface area contributed by atoms with E-state index < -0.39 is 0 Å². The van der Waals surface area contributed by atoms with Crippen LogP contribution in [0.15, 0.2) is 78.9 Å². The van der Waals surface area contributed by atoms with E-state index in [1.807, 2.05) is 44.2 Å². The van der Waals surface area contributed by atoms with Crippen LogP contribution in [0, 0.1) is 18.8 Å². The third kappa shape index (κ3) is 10.7. The van der Waals surface area contributed by atoms with Gasteiger partial charge in [0.25, 0.3) is 0 Å². The lowest BCUT2D eigenvalue weighted by molar-refractivity contribution is -0.151. The highest BCUT2D eigenvalue weighted by atomic mass is 16.5. The maximum absolute atomic E-state index is 12.4. The quantitative estimate of drug-likeness (QED) is 0.210. The molecule has 0 saturated heterocycles. The molecule has 0 saturated carbocycles. The highest BCUT2D eigenvalue weighted by Gasteiger charge is 2.23. The Bertz CT molecular complexity index is 1270. The molecular formula is C37H46O4. The molecule has 218 valence electrons. The van der Waals surface area contributed by atoms with Crippen LogP contribution in [0.25, 0.3) is 6.08 Å². The fraction of sp³-hybridized carbons (Fsp3) is 0.405. The van der Waals surface area contributed by atoms with E-state index in [0.29, 0.717) is 24.5 Å². The van der Waals surface area contributed by atoms with Gasteiger partial charge in [0, 0.05) is 12.3 Å². The van der Waals surface area contributed by atoms with Crippen LogP contribution in [0.5, 0.6) is 0 Å². The van der Waals surface area contributed by atoms with E-state index in [4.69, 9.17) is 9.47 Å². The van der Waals surface area contributed by atoms with E-state index >= 15 is 0 Å². The van der Waals surface area contributed by atoms with E-state index in [1.54, 1.807) is 0 Å². The molecule has 3 aromatic rings. The van der Waals surface area contributed by atoms with E-state index in [2.05, 4.69) is 75.4 Å². The lowest BCUT2D eigenvalue weighted by Crippen LogP contribution is -2.28. The predicted octanol–water partition coefficient (Wildman–Crippen LogP) is 8.59. The van der Waals surface area contributed by atoms with Crippen LogP contribution < -0.4 is 0 Å². The molecule has 0 aromatic heterocycles. The van der Waals surface area contributed by atoms with Crippen molar-refractivity contribution in [3.63, 3.8) is 0 Å². The van der Waals surface area contributed by atoms with Crippen molar-refractivity contribution in [2.75, 3.05) is 6.61 Å². The van der Waals surface area contributed by atoms with Crippen LogP contribution in [0.3, 0.4) is 0 Å². The summed E-state index contributed by atoms with van der Waals surface area (Å²) in [6.07, 6.45) is 8.97. The first-order valence-electron chi connectivity index (χ1n) is 15.0. The number of ether oxygens (including phenoxy) is 2. The minimum atomic E-state index is -0.290. The molecule has 41 heavy (non-hydrogen) atoms. The molecular weight excluding hydrogens is 508 g/mol. The van der Waals surface area contributed by atoms with E-state index in [-0.39, 0.29) is 24.0 Å². The third-order valence-corrected chi connectivity index (χ3v) is 7.47. The normalized spacial score (nSPS) is 13.1. The van der Waals surface area contributed by atoms with Crippen LogP contribution in [0.2, 0.25) is 0 Å². The Morgan fingerprint density at radius 1 is 0.878 bits per heavy atom. The molecule has 0 spiro atoms. The Labute approximate surface area is 246 Å². The number of allylic oxidation sites excluding steroid dienone is 1. The predicted molar refractivity (Wildman–Crippen MR) is 168 cm³/mol. The Balaban J connectivity index is 0.000000428. The standard InChI is InChI=1S/C28H38O4.C9H8/c1-6-17-31-28(30)24-14-12-23(13-15-24)18-26(19-25-10-8-7-9-21(25)4)22(5)32-27(29)16-11-20(2)3;1-2-5-9-7-3-6-8(9)4-1/h7-10,12-15,20,22,26H,6,11,16-19H2,1-5H3;1-6H,7H2. The first-order chi connectivity index (χ1) is 19.8. The van der Waals surface area contributed by atoms with E-state index in [1.165, 1.54) is 22.3 Å². The molecule has 0 bridgehead atoms. The first-order valence-corrected chi connectivity index (χ1v) is 15.0. The molecule has 0 N–H and O–H groups in total. The van der Waals surface area contributed by atoms with Crippen molar-refractivity contribution in [3.8, 4) is 0 Å². The van der Waals surface area contributed by atoms with Gasteiger partial charge in [0.15, 0.2) is 0 Å². The summed E-state index contributed by atoms with van der Waals surface area (Å²) in [7, 11) is 0. The second-order valence-corrected chi connectivity index (χ2v) is 11.4. The van der Waals surface area contributed by atoms with Gasteiger partial charge in [-0.3, -0.25) is 4.79 Å². The second-order valence-electron chi connectivity index (χ2n) is 11.4. The van der Waals surface area contributed by atoms with Crippen LogP contribution in [0.1, 0.15) is 85.1 Å². The van der Waals surface area contributed by atoms with Gasteiger partial charge in [-0.2, -0.15) is 0 Å². The lowest BCUT2D eigenvalue weighted by Gasteiger charge is -2.25. The van der Waals surface area contributed by atoms with Crippen molar-refractivity contribution in [1.82, 2.24) is 0 Å². The number of esters is 2. The number of carbonyl (C=O) groups is 2. The number of hydrogen-bond donors (Lipinski definition) is 0. The lowest BCUT2D eigenvalue weighted by atomic mass is 9.87. The van der Waals surface area contributed by atoms with E-state index in [9.17, 15) is 9.59 Å². The molecule has 2 atom stereocenters.